The van der Waals surface area contributed by atoms with Gasteiger partial charge in [0, 0.05) is 16.3 Å². The van der Waals surface area contributed by atoms with Crippen LogP contribution in [0.4, 0.5) is 5.69 Å². The number of benzene rings is 3. The molecule has 3 nitrogen and oxygen atoms in total. The number of hydrogen-bond acceptors (Lipinski definition) is 2. The maximum absolute atomic E-state index is 6.10. The number of aromatic nitrogens is 2. The van der Waals surface area contributed by atoms with Gasteiger partial charge in [-0.2, -0.15) is 0 Å². The summed E-state index contributed by atoms with van der Waals surface area (Å²) in [5, 5.41) is 4.42. The molecule has 0 amide bonds. The molecule has 3 aromatic carbocycles. The third-order valence-electron chi connectivity index (χ3n) is 5.21. The highest BCUT2D eigenvalue weighted by Crippen LogP contribution is 2.41. The van der Waals surface area contributed by atoms with Crippen molar-refractivity contribution in [2.24, 2.45) is 0 Å². The van der Waals surface area contributed by atoms with E-state index < -0.39 is 0 Å². The van der Waals surface area contributed by atoms with Crippen LogP contribution in [0.5, 0.6) is 0 Å². The molecule has 0 saturated carbocycles. The average Bonchev–Trinajstić information content (AvgIpc) is 3.01. The highest BCUT2D eigenvalue weighted by atomic mass is 35.5. The smallest absolute Gasteiger partial charge is 0.145 e. The molecule has 0 fully saturated rings. The molecule has 0 radical (unpaired) electrons. The molecule has 0 spiro atoms. The first-order valence-electron chi connectivity index (χ1n) is 8.72. The Balaban J connectivity index is 1.83. The van der Waals surface area contributed by atoms with E-state index in [1.165, 1.54) is 11.1 Å². The van der Waals surface area contributed by atoms with Gasteiger partial charge in [-0.25, -0.2) is 4.98 Å². The number of anilines is 1. The molecule has 1 aliphatic rings. The van der Waals surface area contributed by atoms with Crippen LogP contribution >= 0.6 is 11.6 Å². The topological polar surface area (TPSA) is 29.9 Å². The fraction of sp³-hybridized carbons (Fsp3) is 0.136. The molecule has 2 heterocycles. The van der Waals surface area contributed by atoms with Crippen LogP contribution < -0.4 is 5.32 Å². The third kappa shape index (κ3) is 2.24. The Hall–Kier alpha value is -2.78. The van der Waals surface area contributed by atoms with Gasteiger partial charge in [0.2, 0.25) is 0 Å². The van der Waals surface area contributed by atoms with E-state index in [-0.39, 0.29) is 6.17 Å². The van der Waals surface area contributed by atoms with Gasteiger partial charge in [-0.15, -0.1) is 0 Å². The zero-order chi connectivity index (χ0) is 17.8. The van der Waals surface area contributed by atoms with Crippen LogP contribution in [-0.4, -0.2) is 9.55 Å². The van der Waals surface area contributed by atoms with Crippen molar-refractivity contribution in [2.45, 2.75) is 20.0 Å². The van der Waals surface area contributed by atoms with E-state index >= 15 is 0 Å². The lowest BCUT2D eigenvalue weighted by Crippen LogP contribution is -2.24. The molecule has 1 aliphatic heterocycles. The zero-order valence-corrected chi connectivity index (χ0v) is 15.4. The average molecular weight is 360 g/mol. The number of aryl methyl sites for hydroxylation is 2. The number of fused-ring (bicyclic) bond motifs is 5. The SMILES string of the molecule is Cc1cc2nc3n(c2cc1C)C(c1ccc(Cl)cc1)Nc1ccccc1-3. The quantitative estimate of drug-likeness (QED) is 0.455. The van der Waals surface area contributed by atoms with Gasteiger partial charge in [-0.1, -0.05) is 35.9 Å². The summed E-state index contributed by atoms with van der Waals surface area (Å²) in [5.74, 6) is 0.999. The van der Waals surface area contributed by atoms with E-state index in [0.29, 0.717) is 0 Å². The normalized spacial score (nSPS) is 15.4. The van der Waals surface area contributed by atoms with Gasteiger partial charge in [-0.3, -0.25) is 4.57 Å². The molecule has 1 unspecified atom stereocenters. The first-order chi connectivity index (χ1) is 12.6. The molecule has 0 bridgehead atoms. The molecule has 128 valence electrons. The second kappa shape index (κ2) is 5.61. The maximum Gasteiger partial charge on any atom is 0.145 e. The molecule has 1 atom stereocenters. The van der Waals surface area contributed by atoms with Gasteiger partial charge in [0.25, 0.3) is 0 Å². The van der Waals surface area contributed by atoms with Gasteiger partial charge in [0.05, 0.1) is 11.0 Å². The summed E-state index contributed by atoms with van der Waals surface area (Å²) in [6.45, 7) is 4.28. The summed E-state index contributed by atoms with van der Waals surface area (Å²) >= 11 is 6.10. The molecule has 5 rings (SSSR count). The summed E-state index contributed by atoms with van der Waals surface area (Å²) in [7, 11) is 0. The molecule has 4 heteroatoms. The highest BCUT2D eigenvalue weighted by molar-refractivity contribution is 6.30. The van der Waals surface area contributed by atoms with Crippen LogP contribution in [-0.2, 0) is 0 Å². The van der Waals surface area contributed by atoms with E-state index in [4.69, 9.17) is 16.6 Å². The van der Waals surface area contributed by atoms with Crippen molar-refractivity contribution in [2.75, 3.05) is 5.32 Å². The summed E-state index contributed by atoms with van der Waals surface area (Å²) in [6.07, 6.45) is -0.0238. The fourth-order valence-electron chi connectivity index (χ4n) is 3.69. The monoisotopic (exact) mass is 359 g/mol. The standard InChI is InChI=1S/C22H18ClN3/c1-13-11-19-20(12-14(13)2)26-21(15-7-9-16(23)10-8-15)24-18-6-4-3-5-17(18)22(26)25-19/h3-12,21,24H,1-2H3. The number of nitrogens with one attached hydrogen (secondary N) is 1. The molecule has 4 aromatic rings. The first-order valence-corrected chi connectivity index (χ1v) is 9.10. The molecule has 0 aliphatic carbocycles. The van der Waals surface area contributed by atoms with Crippen molar-refractivity contribution < 1.29 is 0 Å². The van der Waals surface area contributed by atoms with Crippen molar-refractivity contribution in [3.63, 3.8) is 0 Å². The summed E-state index contributed by atoms with van der Waals surface area (Å²) in [5.41, 5.74) is 8.09. The molecule has 1 N–H and O–H groups in total. The lowest BCUT2D eigenvalue weighted by Gasteiger charge is -2.30. The summed E-state index contributed by atoms with van der Waals surface area (Å²) < 4.78 is 2.30. The van der Waals surface area contributed by atoms with Crippen molar-refractivity contribution in [3.8, 4) is 11.4 Å². The maximum atomic E-state index is 6.10. The Kier molecular flexibility index (Phi) is 3.34. The highest BCUT2D eigenvalue weighted by Gasteiger charge is 2.28. The predicted molar refractivity (Wildman–Crippen MR) is 108 cm³/mol. The van der Waals surface area contributed by atoms with E-state index in [2.05, 4.69) is 72.3 Å². The number of nitrogens with zero attached hydrogens (tertiary/aromatic N) is 2. The van der Waals surface area contributed by atoms with Crippen molar-refractivity contribution in [3.05, 3.63) is 82.4 Å². The molecule has 26 heavy (non-hydrogen) atoms. The van der Waals surface area contributed by atoms with Crippen LogP contribution in [0.25, 0.3) is 22.4 Å². The molecular weight excluding hydrogens is 342 g/mol. The van der Waals surface area contributed by atoms with Crippen molar-refractivity contribution in [1.82, 2.24) is 9.55 Å². The Morgan fingerprint density at radius 3 is 2.50 bits per heavy atom. The number of hydrogen-bond donors (Lipinski definition) is 1. The van der Waals surface area contributed by atoms with E-state index in [0.717, 1.165) is 38.7 Å². The zero-order valence-electron chi connectivity index (χ0n) is 14.6. The number of rotatable bonds is 1. The van der Waals surface area contributed by atoms with Crippen molar-refractivity contribution >= 4 is 28.3 Å². The van der Waals surface area contributed by atoms with E-state index in [1.807, 2.05) is 12.1 Å². The largest absolute Gasteiger partial charge is 0.361 e. The minimum atomic E-state index is -0.0238. The van der Waals surface area contributed by atoms with E-state index in [1.54, 1.807) is 0 Å². The first kappa shape index (κ1) is 15.5. The Morgan fingerprint density at radius 1 is 0.962 bits per heavy atom. The fourth-order valence-corrected chi connectivity index (χ4v) is 3.82. The number of para-hydroxylation sites is 1. The van der Waals surface area contributed by atoms with Crippen LogP contribution in [0.15, 0.2) is 60.7 Å². The van der Waals surface area contributed by atoms with Crippen LogP contribution in [0, 0.1) is 13.8 Å². The summed E-state index contributed by atoms with van der Waals surface area (Å²) in [6, 6.07) is 20.8. The lowest BCUT2D eigenvalue weighted by atomic mass is 10.1. The Labute approximate surface area is 157 Å². The number of imidazole rings is 1. The Morgan fingerprint density at radius 2 is 1.69 bits per heavy atom. The second-order valence-electron chi connectivity index (χ2n) is 6.87. The van der Waals surface area contributed by atoms with Crippen LogP contribution in [0.3, 0.4) is 0 Å². The van der Waals surface area contributed by atoms with Crippen LogP contribution in [0.1, 0.15) is 22.9 Å². The van der Waals surface area contributed by atoms with Gasteiger partial charge < -0.3 is 5.32 Å². The van der Waals surface area contributed by atoms with Gasteiger partial charge in [0.1, 0.15) is 12.0 Å². The Bertz CT molecular complexity index is 1140. The van der Waals surface area contributed by atoms with Crippen molar-refractivity contribution in [1.29, 1.82) is 0 Å². The van der Waals surface area contributed by atoms with Gasteiger partial charge in [-0.05, 0) is 66.9 Å². The molecule has 1 aromatic heterocycles. The second-order valence-corrected chi connectivity index (χ2v) is 7.31. The van der Waals surface area contributed by atoms with Gasteiger partial charge in [0.15, 0.2) is 0 Å². The van der Waals surface area contributed by atoms with Crippen LogP contribution in [0.2, 0.25) is 5.02 Å². The third-order valence-corrected chi connectivity index (χ3v) is 5.46. The molecule has 0 saturated heterocycles. The summed E-state index contributed by atoms with van der Waals surface area (Å²) in [4.78, 5) is 4.99. The van der Waals surface area contributed by atoms with Gasteiger partial charge >= 0.3 is 0 Å². The number of halogens is 1. The minimum Gasteiger partial charge on any atom is -0.361 e. The minimum absolute atomic E-state index is 0.0238. The van der Waals surface area contributed by atoms with E-state index in [9.17, 15) is 0 Å². The lowest BCUT2D eigenvalue weighted by molar-refractivity contribution is 0.669. The predicted octanol–water partition coefficient (Wildman–Crippen LogP) is 5.95. The molecular formula is C22H18ClN3.